The van der Waals surface area contributed by atoms with Gasteiger partial charge in [-0.2, -0.15) is 0 Å². The summed E-state index contributed by atoms with van der Waals surface area (Å²) in [5.74, 6) is 0.429. The van der Waals surface area contributed by atoms with Gasteiger partial charge in [-0.25, -0.2) is 4.39 Å². The van der Waals surface area contributed by atoms with Gasteiger partial charge in [0.2, 0.25) is 0 Å². The Morgan fingerprint density at radius 3 is 2.75 bits per heavy atom. The van der Waals surface area contributed by atoms with Crippen LogP contribution >= 0.6 is 11.6 Å². The van der Waals surface area contributed by atoms with E-state index in [1.807, 2.05) is 24.3 Å². The second-order valence-corrected chi connectivity index (χ2v) is 5.47. The fourth-order valence-corrected chi connectivity index (χ4v) is 2.27. The smallest absolute Gasteiger partial charge is 0.128 e. The Balaban J connectivity index is 1.88. The Bertz CT molecular complexity index is 628. The van der Waals surface area contributed by atoms with Gasteiger partial charge in [-0.15, -0.1) is 0 Å². The van der Waals surface area contributed by atoms with Crippen LogP contribution in [-0.2, 0) is 0 Å². The second kappa shape index (κ2) is 5.43. The van der Waals surface area contributed by atoms with E-state index in [9.17, 15) is 4.39 Å². The number of halogens is 2. The molecule has 20 heavy (non-hydrogen) atoms. The van der Waals surface area contributed by atoms with Crippen LogP contribution in [0.2, 0.25) is 5.02 Å². The summed E-state index contributed by atoms with van der Waals surface area (Å²) in [6, 6.07) is 11.3. The van der Waals surface area contributed by atoms with Gasteiger partial charge >= 0.3 is 0 Å². The zero-order valence-corrected chi connectivity index (χ0v) is 11.6. The number of hydrogen-bond acceptors (Lipinski definition) is 2. The lowest BCUT2D eigenvalue weighted by Gasteiger charge is -2.15. The maximum absolute atomic E-state index is 13.9. The van der Waals surface area contributed by atoms with Crippen molar-refractivity contribution in [2.45, 2.75) is 25.0 Å². The molecule has 2 aromatic carbocycles. The summed E-state index contributed by atoms with van der Waals surface area (Å²) in [6.45, 7) is 0. The quantitative estimate of drug-likeness (QED) is 0.921. The summed E-state index contributed by atoms with van der Waals surface area (Å²) in [6.07, 6.45) is 2.52. The average molecular weight is 292 g/mol. The number of nitrogens with two attached hydrogens (primary N) is 1. The SMILES string of the molecule is NC(c1cccc(OC2CC2)c1)c1cc(Cl)ccc1F. The first-order valence-corrected chi connectivity index (χ1v) is 6.98. The van der Waals surface area contributed by atoms with E-state index in [2.05, 4.69) is 0 Å². The summed E-state index contributed by atoms with van der Waals surface area (Å²) in [5, 5.41) is 0.474. The molecule has 2 nitrogen and oxygen atoms in total. The van der Waals surface area contributed by atoms with E-state index in [4.69, 9.17) is 22.1 Å². The minimum absolute atomic E-state index is 0.324. The second-order valence-electron chi connectivity index (χ2n) is 5.03. The van der Waals surface area contributed by atoms with Crippen molar-refractivity contribution in [3.8, 4) is 5.75 Å². The van der Waals surface area contributed by atoms with E-state index >= 15 is 0 Å². The summed E-state index contributed by atoms with van der Waals surface area (Å²) in [4.78, 5) is 0. The molecule has 1 unspecified atom stereocenters. The molecule has 0 spiro atoms. The Hall–Kier alpha value is -1.58. The summed E-state index contributed by atoms with van der Waals surface area (Å²) >= 11 is 5.91. The van der Waals surface area contributed by atoms with Crippen molar-refractivity contribution in [2.75, 3.05) is 0 Å². The molecule has 2 aromatic rings. The highest BCUT2D eigenvalue weighted by Crippen LogP contribution is 2.30. The molecule has 2 N–H and O–H groups in total. The zero-order chi connectivity index (χ0) is 14.1. The fourth-order valence-electron chi connectivity index (χ4n) is 2.09. The van der Waals surface area contributed by atoms with Gasteiger partial charge in [-0.05, 0) is 48.7 Å². The van der Waals surface area contributed by atoms with Gasteiger partial charge in [0.1, 0.15) is 11.6 Å². The van der Waals surface area contributed by atoms with Gasteiger partial charge in [0.15, 0.2) is 0 Å². The Morgan fingerprint density at radius 2 is 2.00 bits per heavy atom. The first-order valence-electron chi connectivity index (χ1n) is 6.60. The van der Waals surface area contributed by atoms with Crippen LogP contribution in [0.1, 0.15) is 30.0 Å². The minimum Gasteiger partial charge on any atom is -0.490 e. The van der Waals surface area contributed by atoms with Crippen LogP contribution in [-0.4, -0.2) is 6.10 Å². The number of benzene rings is 2. The highest BCUT2D eigenvalue weighted by molar-refractivity contribution is 6.30. The number of ether oxygens (including phenoxy) is 1. The molecule has 1 aliphatic rings. The molecule has 1 atom stereocenters. The van der Waals surface area contributed by atoms with Crippen molar-refractivity contribution in [1.82, 2.24) is 0 Å². The highest BCUT2D eigenvalue weighted by atomic mass is 35.5. The van der Waals surface area contributed by atoms with Gasteiger partial charge in [-0.1, -0.05) is 23.7 Å². The standard InChI is InChI=1S/C16H15ClFNO/c17-11-4-7-15(18)14(9-11)16(19)10-2-1-3-13(8-10)20-12-5-6-12/h1-4,7-9,12,16H,5-6,19H2. The highest BCUT2D eigenvalue weighted by Gasteiger charge is 2.24. The Labute approximate surface area is 122 Å². The molecule has 0 radical (unpaired) electrons. The minimum atomic E-state index is -0.559. The average Bonchev–Trinajstić information content (AvgIpc) is 3.25. The van der Waals surface area contributed by atoms with E-state index in [-0.39, 0.29) is 5.82 Å². The molecule has 0 bridgehead atoms. The van der Waals surface area contributed by atoms with Gasteiger partial charge in [0.05, 0.1) is 12.1 Å². The monoisotopic (exact) mass is 291 g/mol. The molecule has 0 aliphatic heterocycles. The van der Waals surface area contributed by atoms with E-state index in [1.165, 1.54) is 12.1 Å². The van der Waals surface area contributed by atoms with Crippen molar-refractivity contribution in [3.05, 3.63) is 64.4 Å². The number of hydrogen-bond donors (Lipinski definition) is 1. The lowest BCUT2D eigenvalue weighted by atomic mass is 9.99. The molecular formula is C16H15ClFNO. The van der Waals surface area contributed by atoms with E-state index in [0.29, 0.717) is 16.7 Å². The lowest BCUT2D eigenvalue weighted by molar-refractivity contribution is 0.303. The van der Waals surface area contributed by atoms with Crippen LogP contribution in [0.4, 0.5) is 4.39 Å². The molecular weight excluding hydrogens is 277 g/mol. The van der Waals surface area contributed by atoms with Crippen LogP contribution in [0.5, 0.6) is 5.75 Å². The molecule has 3 rings (SSSR count). The largest absolute Gasteiger partial charge is 0.490 e. The fraction of sp³-hybridized carbons (Fsp3) is 0.250. The summed E-state index contributed by atoms with van der Waals surface area (Å²) in [7, 11) is 0. The molecule has 0 saturated heterocycles. The molecule has 0 aromatic heterocycles. The van der Waals surface area contributed by atoms with E-state index in [1.54, 1.807) is 6.07 Å². The van der Waals surface area contributed by atoms with Crippen LogP contribution in [0.3, 0.4) is 0 Å². The summed E-state index contributed by atoms with van der Waals surface area (Å²) < 4.78 is 19.6. The van der Waals surface area contributed by atoms with Gasteiger partial charge in [0.25, 0.3) is 0 Å². The third kappa shape index (κ3) is 2.94. The Morgan fingerprint density at radius 1 is 1.20 bits per heavy atom. The maximum atomic E-state index is 13.9. The first kappa shape index (κ1) is 13.4. The molecule has 0 heterocycles. The van der Waals surface area contributed by atoms with Crippen LogP contribution in [0.25, 0.3) is 0 Å². The van der Waals surface area contributed by atoms with Crippen LogP contribution in [0, 0.1) is 5.82 Å². The topological polar surface area (TPSA) is 35.2 Å². The Kier molecular flexibility index (Phi) is 3.64. The molecule has 1 saturated carbocycles. The van der Waals surface area contributed by atoms with Crippen molar-refractivity contribution < 1.29 is 9.13 Å². The molecule has 1 aliphatic carbocycles. The molecule has 0 amide bonds. The van der Waals surface area contributed by atoms with Crippen molar-refractivity contribution >= 4 is 11.6 Å². The lowest BCUT2D eigenvalue weighted by Crippen LogP contribution is -2.14. The van der Waals surface area contributed by atoms with Crippen LogP contribution < -0.4 is 10.5 Å². The van der Waals surface area contributed by atoms with Crippen molar-refractivity contribution in [3.63, 3.8) is 0 Å². The summed E-state index contributed by atoms with van der Waals surface area (Å²) in [5.41, 5.74) is 7.35. The number of rotatable bonds is 4. The zero-order valence-electron chi connectivity index (χ0n) is 10.9. The van der Waals surface area contributed by atoms with Gasteiger partial charge in [-0.3, -0.25) is 0 Å². The van der Waals surface area contributed by atoms with Gasteiger partial charge < -0.3 is 10.5 Å². The normalized spacial score (nSPS) is 15.9. The van der Waals surface area contributed by atoms with Crippen molar-refractivity contribution in [1.29, 1.82) is 0 Å². The predicted octanol–water partition coefficient (Wildman–Crippen LogP) is 4.07. The molecule has 104 valence electrons. The first-order chi connectivity index (χ1) is 9.63. The molecule has 4 heteroatoms. The third-order valence-corrected chi connectivity index (χ3v) is 3.57. The van der Waals surface area contributed by atoms with Crippen molar-refractivity contribution in [2.24, 2.45) is 5.73 Å². The maximum Gasteiger partial charge on any atom is 0.128 e. The molecule has 1 fully saturated rings. The third-order valence-electron chi connectivity index (χ3n) is 3.34. The van der Waals surface area contributed by atoms with E-state index in [0.717, 1.165) is 24.2 Å². The predicted molar refractivity (Wildman–Crippen MR) is 77.5 cm³/mol. The van der Waals surface area contributed by atoms with Gasteiger partial charge in [0, 0.05) is 10.6 Å². The van der Waals surface area contributed by atoms with E-state index < -0.39 is 6.04 Å². The van der Waals surface area contributed by atoms with Crippen LogP contribution in [0.15, 0.2) is 42.5 Å².